The molecule has 2 aliphatic heterocycles. The van der Waals surface area contributed by atoms with Gasteiger partial charge in [0, 0.05) is 31.7 Å². The average Bonchev–Trinajstić information content (AvgIpc) is 3.22. The van der Waals surface area contributed by atoms with E-state index in [0.29, 0.717) is 63.9 Å². The van der Waals surface area contributed by atoms with E-state index >= 15 is 0 Å². The molecule has 2 fully saturated rings. The maximum atomic E-state index is 11.9. The maximum absolute atomic E-state index is 11.9. The van der Waals surface area contributed by atoms with Crippen LogP contribution in [0.15, 0.2) is 30.5 Å². The number of piperidine rings is 1. The Bertz CT molecular complexity index is 1230. The molecule has 0 radical (unpaired) electrons. The first-order valence-corrected chi connectivity index (χ1v) is 12.6. The van der Waals surface area contributed by atoms with Crippen molar-refractivity contribution in [3.8, 4) is 17.0 Å². The highest BCUT2D eigenvalue weighted by Gasteiger charge is 2.28. The predicted octanol–water partition coefficient (Wildman–Crippen LogP) is 1.63. The fourth-order valence-corrected chi connectivity index (χ4v) is 5.25. The Kier molecular flexibility index (Phi) is 5.48. The summed E-state index contributed by atoms with van der Waals surface area (Å²) < 4.78 is 32.7. The molecule has 11 heteroatoms. The number of phenolic OH excluding ortho intramolecular Hbond substituents is 1. The van der Waals surface area contributed by atoms with Crippen molar-refractivity contribution in [2.45, 2.75) is 18.9 Å². The lowest BCUT2D eigenvalue weighted by Gasteiger charge is -2.30. The van der Waals surface area contributed by atoms with E-state index in [9.17, 15) is 13.5 Å². The molecule has 32 heavy (non-hydrogen) atoms. The zero-order chi connectivity index (χ0) is 22.3. The van der Waals surface area contributed by atoms with Crippen LogP contribution in [0, 0.1) is 0 Å². The van der Waals surface area contributed by atoms with E-state index in [2.05, 4.69) is 10.00 Å². The van der Waals surface area contributed by atoms with Crippen molar-refractivity contribution in [2.75, 3.05) is 50.5 Å². The number of hydrogen-bond acceptors (Lipinski definition) is 8. The summed E-state index contributed by atoms with van der Waals surface area (Å²) in [5.41, 5.74) is 2.23. The summed E-state index contributed by atoms with van der Waals surface area (Å²) in [7, 11) is -3.19. The highest BCUT2D eigenvalue weighted by Crippen LogP contribution is 2.33. The number of morpholine rings is 1. The van der Waals surface area contributed by atoms with Gasteiger partial charge in [0.2, 0.25) is 16.0 Å². The van der Waals surface area contributed by atoms with Crippen LogP contribution in [0.3, 0.4) is 0 Å². The second kappa shape index (κ2) is 8.30. The second-order valence-electron chi connectivity index (χ2n) is 8.24. The maximum Gasteiger partial charge on any atom is 0.228 e. The van der Waals surface area contributed by atoms with Crippen molar-refractivity contribution >= 4 is 27.0 Å². The summed E-state index contributed by atoms with van der Waals surface area (Å²) in [6.07, 6.45) is 4.35. The van der Waals surface area contributed by atoms with Gasteiger partial charge >= 0.3 is 0 Å². The Morgan fingerprint density at radius 3 is 2.53 bits per heavy atom. The Morgan fingerprint density at radius 1 is 1.09 bits per heavy atom. The molecule has 2 saturated heterocycles. The number of hydrogen-bond donors (Lipinski definition) is 1. The van der Waals surface area contributed by atoms with Gasteiger partial charge in [0.15, 0.2) is 5.65 Å². The van der Waals surface area contributed by atoms with Crippen LogP contribution in [0.2, 0.25) is 0 Å². The molecule has 0 bridgehead atoms. The summed E-state index contributed by atoms with van der Waals surface area (Å²) in [5.74, 6) is 0.775. The van der Waals surface area contributed by atoms with E-state index in [0.717, 1.165) is 16.6 Å². The molecule has 3 aromatic rings. The molecule has 0 saturated carbocycles. The van der Waals surface area contributed by atoms with Crippen molar-refractivity contribution in [3.63, 3.8) is 0 Å². The van der Waals surface area contributed by atoms with E-state index < -0.39 is 10.0 Å². The van der Waals surface area contributed by atoms with Crippen LogP contribution in [0.5, 0.6) is 5.75 Å². The SMILES string of the molecule is CS(=O)(=O)N1CCC(n2ncc3c(-c4cccc(O)c4)nc(N4CCOCC4)nc32)CC1. The van der Waals surface area contributed by atoms with Gasteiger partial charge in [-0.2, -0.15) is 10.1 Å². The molecule has 0 aliphatic carbocycles. The fraction of sp³-hybridized carbons (Fsp3) is 0.476. The van der Waals surface area contributed by atoms with E-state index in [1.165, 1.54) is 10.6 Å². The lowest BCUT2D eigenvalue weighted by Crippen LogP contribution is -2.38. The van der Waals surface area contributed by atoms with Gasteiger partial charge in [0.1, 0.15) is 5.75 Å². The molecule has 1 N–H and O–H groups in total. The number of anilines is 1. The van der Waals surface area contributed by atoms with Crippen molar-refractivity contribution in [3.05, 3.63) is 30.5 Å². The Labute approximate surface area is 186 Å². The van der Waals surface area contributed by atoms with Gasteiger partial charge < -0.3 is 14.7 Å². The average molecular weight is 459 g/mol. The fourth-order valence-electron chi connectivity index (χ4n) is 4.38. The minimum Gasteiger partial charge on any atom is -0.508 e. The second-order valence-corrected chi connectivity index (χ2v) is 10.2. The minimum absolute atomic E-state index is 0.0509. The lowest BCUT2D eigenvalue weighted by atomic mass is 10.1. The Hall–Kier alpha value is -2.76. The van der Waals surface area contributed by atoms with Gasteiger partial charge in [0.25, 0.3) is 0 Å². The van der Waals surface area contributed by atoms with E-state index in [1.54, 1.807) is 24.4 Å². The van der Waals surface area contributed by atoms with Crippen LogP contribution in [-0.4, -0.2) is 83.2 Å². The molecular weight excluding hydrogens is 432 g/mol. The number of phenols is 1. The molecular formula is C21H26N6O4S. The van der Waals surface area contributed by atoms with Gasteiger partial charge in [-0.25, -0.2) is 22.4 Å². The number of aromatic nitrogens is 4. The number of sulfonamides is 1. The largest absolute Gasteiger partial charge is 0.508 e. The molecule has 170 valence electrons. The predicted molar refractivity (Wildman–Crippen MR) is 120 cm³/mol. The molecule has 2 aliphatic rings. The van der Waals surface area contributed by atoms with Crippen molar-refractivity contribution < 1.29 is 18.3 Å². The number of nitrogens with zero attached hydrogens (tertiary/aromatic N) is 6. The van der Waals surface area contributed by atoms with Crippen molar-refractivity contribution in [1.82, 2.24) is 24.1 Å². The van der Waals surface area contributed by atoms with Crippen LogP contribution >= 0.6 is 0 Å². The quantitative estimate of drug-likeness (QED) is 0.628. The summed E-state index contributed by atoms with van der Waals surface area (Å²) >= 11 is 0. The standard InChI is InChI=1S/C21H26N6O4S/c1-32(29,30)26-7-5-16(6-8-26)27-20-18(14-22-27)19(15-3-2-4-17(28)13-15)23-21(24-20)25-9-11-31-12-10-25/h2-4,13-14,16,28H,5-12H2,1H3. The zero-order valence-corrected chi connectivity index (χ0v) is 18.7. The molecule has 0 spiro atoms. The topological polar surface area (TPSA) is 114 Å². The van der Waals surface area contributed by atoms with E-state index in [1.807, 2.05) is 10.7 Å². The molecule has 0 unspecified atom stereocenters. The van der Waals surface area contributed by atoms with Gasteiger partial charge in [-0.3, -0.25) is 0 Å². The molecule has 10 nitrogen and oxygen atoms in total. The summed E-state index contributed by atoms with van der Waals surface area (Å²) in [6, 6.07) is 7.07. The van der Waals surface area contributed by atoms with Gasteiger partial charge in [-0.15, -0.1) is 0 Å². The van der Waals surface area contributed by atoms with Crippen LogP contribution < -0.4 is 4.90 Å². The lowest BCUT2D eigenvalue weighted by molar-refractivity contribution is 0.122. The zero-order valence-electron chi connectivity index (χ0n) is 17.9. The third-order valence-electron chi connectivity index (χ3n) is 6.09. The van der Waals surface area contributed by atoms with Crippen LogP contribution in [0.4, 0.5) is 5.95 Å². The van der Waals surface area contributed by atoms with Gasteiger partial charge in [-0.1, -0.05) is 12.1 Å². The summed E-state index contributed by atoms with van der Waals surface area (Å²) in [5, 5.41) is 15.5. The first-order chi connectivity index (χ1) is 15.4. The van der Waals surface area contributed by atoms with Gasteiger partial charge in [0.05, 0.1) is 42.8 Å². The number of rotatable bonds is 4. The third-order valence-corrected chi connectivity index (χ3v) is 7.40. The molecule has 0 amide bonds. The number of ether oxygens (including phenoxy) is 1. The Morgan fingerprint density at radius 2 is 1.84 bits per heavy atom. The highest BCUT2D eigenvalue weighted by atomic mass is 32.2. The van der Waals surface area contributed by atoms with Crippen LogP contribution in [-0.2, 0) is 14.8 Å². The van der Waals surface area contributed by atoms with E-state index in [-0.39, 0.29) is 11.8 Å². The molecule has 0 atom stereocenters. The van der Waals surface area contributed by atoms with Crippen LogP contribution in [0.1, 0.15) is 18.9 Å². The number of benzene rings is 1. The minimum atomic E-state index is -3.19. The van der Waals surface area contributed by atoms with Crippen molar-refractivity contribution in [1.29, 1.82) is 0 Å². The van der Waals surface area contributed by atoms with Gasteiger partial charge in [-0.05, 0) is 25.0 Å². The molecule has 2 aromatic heterocycles. The van der Waals surface area contributed by atoms with Crippen LogP contribution in [0.25, 0.3) is 22.3 Å². The smallest absolute Gasteiger partial charge is 0.228 e. The molecule has 5 rings (SSSR count). The summed E-state index contributed by atoms with van der Waals surface area (Å²) in [6.45, 7) is 3.56. The van der Waals surface area contributed by atoms with Crippen molar-refractivity contribution in [2.24, 2.45) is 0 Å². The monoisotopic (exact) mass is 458 g/mol. The third kappa shape index (κ3) is 4.03. The molecule has 4 heterocycles. The number of fused-ring (bicyclic) bond motifs is 1. The Balaban J connectivity index is 1.57. The molecule has 1 aromatic carbocycles. The highest BCUT2D eigenvalue weighted by molar-refractivity contribution is 7.88. The summed E-state index contributed by atoms with van der Waals surface area (Å²) in [4.78, 5) is 11.8. The number of aromatic hydroxyl groups is 1. The van der Waals surface area contributed by atoms with E-state index in [4.69, 9.17) is 14.7 Å². The normalized spacial score (nSPS) is 19.0. The first kappa shape index (κ1) is 21.1. The first-order valence-electron chi connectivity index (χ1n) is 10.7.